The first-order valence-corrected chi connectivity index (χ1v) is 18.6. The van der Waals surface area contributed by atoms with Gasteiger partial charge in [0.2, 0.25) is 0 Å². The van der Waals surface area contributed by atoms with Crippen molar-refractivity contribution in [3.8, 4) is 0 Å². The number of halogens is 1. The third kappa shape index (κ3) is 17.8. The maximum absolute atomic E-state index is 8.01. The first-order valence-electron chi connectivity index (χ1n) is 14.8. The van der Waals surface area contributed by atoms with Gasteiger partial charge >= 0.3 is 204 Å². The summed E-state index contributed by atoms with van der Waals surface area (Å²) in [6.45, 7) is 9.30. The fraction of sp³-hybridized carbons (Fsp3) is 1.00. The summed E-state index contributed by atoms with van der Waals surface area (Å²) in [5.41, 5.74) is 0. The number of unbranched alkanes of at least 4 members (excludes halogenated alkanes) is 17. The summed E-state index contributed by atoms with van der Waals surface area (Å²) in [4.78, 5) is 0. The first-order chi connectivity index (χ1) is 15.0. The Bertz CT molecular complexity index is 329. The number of hydrogen-bond donors (Lipinski definition) is 0. The monoisotopic (exact) mass is 476 g/mol. The molecule has 190 valence electrons. The third-order valence-electron chi connectivity index (χ3n) is 7.53. The van der Waals surface area contributed by atoms with Gasteiger partial charge in [-0.25, -0.2) is 0 Å². The Hall–Kier alpha value is 0.720. The summed E-state index contributed by atoms with van der Waals surface area (Å²) >= 11 is 8.01. The zero-order chi connectivity index (χ0) is 23.1. The van der Waals surface area contributed by atoms with Crippen molar-refractivity contribution in [3.63, 3.8) is 0 Å². The van der Waals surface area contributed by atoms with Gasteiger partial charge in [-0.3, -0.25) is 0 Å². The summed E-state index contributed by atoms with van der Waals surface area (Å²) in [6, 6.07) is 0. The van der Waals surface area contributed by atoms with Crippen molar-refractivity contribution in [3.05, 3.63) is 0 Å². The van der Waals surface area contributed by atoms with Gasteiger partial charge in [0.05, 0.1) is 0 Å². The van der Waals surface area contributed by atoms with Gasteiger partial charge in [0.25, 0.3) is 0 Å². The van der Waals surface area contributed by atoms with Crippen molar-refractivity contribution in [2.45, 2.75) is 163 Å². The molecule has 0 atom stereocenters. The Balaban J connectivity index is 4.97. The molecule has 0 unspecified atom stereocenters. The van der Waals surface area contributed by atoms with Crippen LogP contribution in [0.4, 0.5) is 0 Å². The Labute approximate surface area is 204 Å². The molecule has 0 N–H and O–H groups in total. The third-order valence-corrected chi connectivity index (χ3v) is 15.3. The topological polar surface area (TPSA) is 0 Å². The molecular weight excluding hydrogens is 415 g/mol. The molecule has 0 fully saturated rings. The van der Waals surface area contributed by atoms with Crippen LogP contribution >= 0.6 is 17.2 Å². The van der Waals surface area contributed by atoms with Crippen LogP contribution in [0, 0.1) is 0 Å². The molecular formula is C29H62ClP. The van der Waals surface area contributed by atoms with Gasteiger partial charge in [0.15, 0.2) is 0 Å². The maximum atomic E-state index is 8.01. The predicted octanol–water partition coefficient (Wildman–Crippen LogP) is 12.0. The van der Waals surface area contributed by atoms with E-state index in [2.05, 4.69) is 27.7 Å². The minimum absolute atomic E-state index is 1.34. The van der Waals surface area contributed by atoms with Gasteiger partial charge in [-0.05, 0) is 0 Å². The van der Waals surface area contributed by atoms with E-state index < -0.39 is 5.96 Å². The molecule has 0 nitrogen and oxygen atoms in total. The zero-order valence-electron chi connectivity index (χ0n) is 22.5. The van der Waals surface area contributed by atoms with E-state index in [-0.39, 0.29) is 0 Å². The summed E-state index contributed by atoms with van der Waals surface area (Å²) in [7, 11) is 0. The molecule has 0 saturated heterocycles. The molecule has 0 aliphatic rings. The van der Waals surface area contributed by atoms with Gasteiger partial charge in [0.1, 0.15) is 0 Å². The number of rotatable bonds is 25. The molecule has 0 spiro atoms. The van der Waals surface area contributed by atoms with Gasteiger partial charge in [-0.15, -0.1) is 0 Å². The second-order valence-corrected chi connectivity index (χ2v) is 19.0. The molecule has 0 rings (SSSR count). The van der Waals surface area contributed by atoms with E-state index in [0.717, 1.165) is 0 Å². The molecule has 0 heterocycles. The fourth-order valence-electron chi connectivity index (χ4n) is 5.29. The normalized spacial score (nSPS) is 13.4. The molecule has 0 aliphatic heterocycles. The number of hydrogen-bond acceptors (Lipinski definition) is 0. The van der Waals surface area contributed by atoms with Gasteiger partial charge < -0.3 is 0 Å². The molecule has 0 saturated carbocycles. The van der Waals surface area contributed by atoms with E-state index in [9.17, 15) is 0 Å². The van der Waals surface area contributed by atoms with Crippen LogP contribution in [0.25, 0.3) is 0 Å². The Morgan fingerprint density at radius 3 is 0.742 bits per heavy atom. The van der Waals surface area contributed by atoms with Crippen molar-refractivity contribution >= 4 is 17.2 Å². The Morgan fingerprint density at radius 2 is 0.516 bits per heavy atom. The molecule has 0 bridgehead atoms. The minimum atomic E-state index is -2.07. The molecule has 0 aromatic rings. The molecule has 0 aromatic heterocycles. The van der Waals surface area contributed by atoms with Crippen molar-refractivity contribution in [1.82, 2.24) is 0 Å². The van der Waals surface area contributed by atoms with E-state index in [1.54, 1.807) is 0 Å². The van der Waals surface area contributed by atoms with Crippen LogP contribution in [0.3, 0.4) is 0 Å². The van der Waals surface area contributed by atoms with Crippen LogP contribution in [0.15, 0.2) is 0 Å². The van der Waals surface area contributed by atoms with Crippen molar-refractivity contribution in [1.29, 1.82) is 0 Å². The molecule has 31 heavy (non-hydrogen) atoms. The van der Waals surface area contributed by atoms with E-state index in [1.165, 1.54) is 159 Å². The molecule has 0 amide bonds. The quantitative estimate of drug-likeness (QED) is 0.0906. The Kier molecular flexibility index (Phi) is 21.8. The van der Waals surface area contributed by atoms with Crippen LogP contribution in [0.1, 0.15) is 163 Å². The van der Waals surface area contributed by atoms with E-state index >= 15 is 0 Å². The van der Waals surface area contributed by atoms with Crippen LogP contribution in [-0.2, 0) is 0 Å². The summed E-state index contributed by atoms with van der Waals surface area (Å²) < 4.78 is 0. The first kappa shape index (κ1) is 31.7. The van der Waals surface area contributed by atoms with Crippen LogP contribution in [0.2, 0.25) is 0 Å². The van der Waals surface area contributed by atoms with Crippen LogP contribution < -0.4 is 0 Å². The molecule has 0 aliphatic carbocycles. The van der Waals surface area contributed by atoms with E-state index in [1.807, 2.05) is 0 Å². The zero-order valence-corrected chi connectivity index (χ0v) is 24.2. The average Bonchev–Trinajstić information content (AvgIpc) is 2.76. The van der Waals surface area contributed by atoms with Crippen LogP contribution in [-0.4, -0.2) is 24.6 Å². The van der Waals surface area contributed by atoms with Gasteiger partial charge in [-0.1, -0.05) is 0 Å². The van der Waals surface area contributed by atoms with E-state index in [0.29, 0.717) is 0 Å². The second-order valence-electron chi connectivity index (χ2n) is 10.7. The SMILES string of the molecule is CCCCCCCCP(Cl)(CCCCCCC)(CCCCCCC)CCCCCCC. The van der Waals surface area contributed by atoms with Crippen molar-refractivity contribution in [2.75, 3.05) is 24.6 Å². The second kappa shape index (κ2) is 21.3. The molecule has 2 heteroatoms. The molecule has 0 aromatic carbocycles. The van der Waals surface area contributed by atoms with Crippen LogP contribution in [0.5, 0.6) is 0 Å². The fourth-order valence-corrected chi connectivity index (χ4v) is 12.1. The van der Waals surface area contributed by atoms with E-state index in [4.69, 9.17) is 11.2 Å². The molecule has 0 radical (unpaired) electrons. The summed E-state index contributed by atoms with van der Waals surface area (Å²) in [6.07, 6.45) is 35.0. The van der Waals surface area contributed by atoms with Crippen molar-refractivity contribution < 1.29 is 0 Å². The standard InChI is InChI=1S/C29H62ClP/c1-5-9-13-17-21-25-29-31(30,26-22-18-14-10-6-2,27-23-19-15-11-7-3)28-24-20-16-12-8-4/h5-29H2,1-4H3. The van der Waals surface area contributed by atoms with Crippen molar-refractivity contribution in [2.24, 2.45) is 0 Å². The predicted molar refractivity (Wildman–Crippen MR) is 152 cm³/mol. The summed E-state index contributed by atoms with van der Waals surface area (Å²) in [5.74, 6) is -2.07. The van der Waals surface area contributed by atoms with Gasteiger partial charge in [0, 0.05) is 0 Å². The summed E-state index contributed by atoms with van der Waals surface area (Å²) in [5, 5.41) is 0. The average molecular weight is 477 g/mol. The Morgan fingerprint density at radius 1 is 0.323 bits per heavy atom. The van der Waals surface area contributed by atoms with Gasteiger partial charge in [-0.2, -0.15) is 0 Å².